The molecule has 34 heavy (non-hydrogen) atoms. The molecule has 0 radical (unpaired) electrons. The number of carbonyl (C=O) groups excluding carboxylic acids is 1. The number of carbonyl (C=O) groups is 1. The van der Waals surface area contributed by atoms with Crippen molar-refractivity contribution >= 4 is 62.3 Å². The maximum Gasteiger partial charge on any atom is 0.282 e. The van der Waals surface area contributed by atoms with E-state index in [1.807, 2.05) is 19.1 Å². The van der Waals surface area contributed by atoms with Crippen LogP contribution in [0.15, 0.2) is 36.4 Å². The number of aromatic nitrogens is 1. The van der Waals surface area contributed by atoms with Gasteiger partial charge >= 0.3 is 0 Å². The fraction of sp³-hybridized carbons (Fsp3) is 0.364. The minimum atomic E-state index is -0.580. The third-order valence-electron chi connectivity index (χ3n) is 5.43. The second kappa shape index (κ2) is 11.7. The largest absolute Gasteiger partial charge is 0.492 e. The lowest BCUT2D eigenvalue weighted by Gasteiger charge is -2.34. The number of fused-ring (bicyclic) bond motifs is 1. The number of nitro groups is 1. The van der Waals surface area contributed by atoms with Crippen molar-refractivity contribution in [3.05, 3.63) is 57.1 Å². The van der Waals surface area contributed by atoms with E-state index in [0.29, 0.717) is 19.7 Å². The Kier molecular flexibility index (Phi) is 8.90. The number of nitrogens with one attached hydrogen (secondary N) is 1. The summed E-state index contributed by atoms with van der Waals surface area (Å²) in [6, 6.07) is 9.96. The van der Waals surface area contributed by atoms with Gasteiger partial charge in [-0.25, -0.2) is 4.98 Å². The van der Waals surface area contributed by atoms with Crippen LogP contribution < -0.4 is 15.0 Å². The Morgan fingerprint density at radius 3 is 2.74 bits per heavy atom. The van der Waals surface area contributed by atoms with Gasteiger partial charge in [0.25, 0.3) is 11.6 Å². The van der Waals surface area contributed by atoms with Crippen molar-refractivity contribution in [1.82, 2.24) is 15.2 Å². The van der Waals surface area contributed by atoms with Gasteiger partial charge in [-0.2, -0.15) is 0 Å². The molecule has 1 saturated heterocycles. The number of halogens is 2. The van der Waals surface area contributed by atoms with Crippen LogP contribution in [0.4, 0.5) is 10.8 Å². The zero-order valence-corrected chi connectivity index (χ0v) is 20.9. The van der Waals surface area contributed by atoms with Crippen LogP contribution in [-0.2, 0) is 0 Å². The first kappa shape index (κ1) is 26.0. The average molecular weight is 526 g/mol. The van der Waals surface area contributed by atoms with Crippen LogP contribution in [0.3, 0.4) is 0 Å². The molecule has 0 spiro atoms. The Hall–Kier alpha value is -2.66. The zero-order chi connectivity index (χ0) is 23.4. The van der Waals surface area contributed by atoms with Gasteiger partial charge in [-0.3, -0.25) is 19.8 Å². The standard InChI is InChI=1S/C22H24ClN5O4S.ClH/c1-2-32-18-4-3-5-19-20(18)25-22(33-19)27-12-10-26(11-13-27)9-8-24-21(29)16-14-15(23)6-7-17(16)28(30)31;/h3-7,14H,2,8-13H2,1H3,(H,24,29);1H. The van der Waals surface area contributed by atoms with Gasteiger partial charge in [0.2, 0.25) is 0 Å². The molecule has 1 aliphatic rings. The zero-order valence-electron chi connectivity index (χ0n) is 18.5. The van der Waals surface area contributed by atoms with Crippen LogP contribution in [0.25, 0.3) is 10.2 Å². The summed E-state index contributed by atoms with van der Waals surface area (Å²) in [6.45, 7) is 6.94. The molecule has 4 rings (SSSR count). The lowest BCUT2D eigenvalue weighted by Crippen LogP contribution is -2.48. The summed E-state index contributed by atoms with van der Waals surface area (Å²) in [5.74, 6) is 0.314. The molecular weight excluding hydrogens is 501 g/mol. The van der Waals surface area contributed by atoms with Gasteiger partial charge in [0.1, 0.15) is 16.8 Å². The first-order valence-corrected chi connectivity index (χ1v) is 11.9. The molecule has 0 bridgehead atoms. The molecule has 1 amide bonds. The molecule has 0 atom stereocenters. The summed E-state index contributed by atoms with van der Waals surface area (Å²) in [7, 11) is 0. The van der Waals surface area contributed by atoms with E-state index in [1.165, 1.54) is 18.2 Å². The third kappa shape index (κ3) is 5.87. The number of ether oxygens (including phenoxy) is 1. The molecule has 3 aromatic rings. The van der Waals surface area contributed by atoms with Gasteiger partial charge in [0.15, 0.2) is 5.13 Å². The van der Waals surface area contributed by atoms with Crippen molar-refractivity contribution in [2.24, 2.45) is 0 Å². The maximum atomic E-state index is 12.4. The Labute approximate surface area is 212 Å². The highest BCUT2D eigenvalue weighted by molar-refractivity contribution is 7.22. The number of anilines is 1. The van der Waals surface area contributed by atoms with E-state index in [2.05, 4.69) is 21.2 Å². The Balaban J connectivity index is 0.00000324. The molecule has 1 aliphatic heterocycles. The fourth-order valence-electron chi connectivity index (χ4n) is 3.75. The monoisotopic (exact) mass is 525 g/mol. The number of hydrogen-bond acceptors (Lipinski definition) is 8. The molecular formula is C22H25Cl2N5O4S. The van der Waals surface area contributed by atoms with Crippen molar-refractivity contribution in [3.8, 4) is 5.75 Å². The number of nitro benzene ring substituents is 1. The number of amides is 1. The van der Waals surface area contributed by atoms with E-state index >= 15 is 0 Å². The topological polar surface area (TPSA) is 101 Å². The summed E-state index contributed by atoms with van der Waals surface area (Å²) in [4.78, 5) is 32.4. The third-order valence-corrected chi connectivity index (χ3v) is 6.74. The second-order valence-corrected chi connectivity index (χ2v) is 8.98. The summed E-state index contributed by atoms with van der Waals surface area (Å²) in [5.41, 5.74) is 0.619. The summed E-state index contributed by atoms with van der Waals surface area (Å²) >= 11 is 7.57. The molecule has 12 heteroatoms. The van der Waals surface area contributed by atoms with E-state index in [0.717, 1.165) is 47.3 Å². The molecule has 1 aromatic heterocycles. The van der Waals surface area contributed by atoms with Crippen molar-refractivity contribution in [2.45, 2.75) is 6.92 Å². The van der Waals surface area contributed by atoms with E-state index in [-0.39, 0.29) is 28.7 Å². The Morgan fingerprint density at radius 1 is 1.26 bits per heavy atom. The Bertz CT molecular complexity index is 1170. The number of nitrogens with zero attached hydrogens (tertiary/aromatic N) is 4. The van der Waals surface area contributed by atoms with Crippen LogP contribution in [0.2, 0.25) is 5.02 Å². The second-order valence-electron chi connectivity index (χ2n) is 7.54. The molecule has 0 aliphatic carbocycles. The molecule has 1 N–H and O–H groups in total. The molecule has 0 saturated carbocycles. The molecule has 1 fully saturated rings. The number of benzene rings is 2. The lowest BCUT2D eigenvalue weighted by atomic mass is 10.1. The molecule has 9 nitrogen and oxygen atoms in total. The van der Waals surface area contributed by atoms with Crippen molar-refractivity contribution in [3.63, 3.8) is 0 Å². The smallest absolute Gasteiger partial charge is 0.282 e. The molecule has 0 unspecified atom stereocenters. The van der Waals surface area contributed by atoms with E-state index in [1.54, 1.807) is 11.3 Å². The van der Waals surface area contributed by atoms with Gasteiger partial charge < -0.3 is 15.0 Å². The van der Waals surface area contributed by atoms with Crippen LogP contribution in [-0.4, -0.2) is 66.6 Å². The first-order chi connectivity index (χ1) is 16.0. The number of rotatable bonds is 8. The fourth-order valence-corrected chi connectivity index (χ4v) is 4.96. The number of thiazole rings is 1. The van der Waals surface area contributed by atoms with Crippen molar-refractivity contribution in [2.75, 3.05) is 50.8 Å². The summed E-state index contributed by atoms with van der Waals surface area (Å²) in [6.07, 6.45) is 0. The average Bonchev–Trinajstić information content (AvgIpc) is 3.25. The maximum absolute atomic E-state index is 12.4. The predicted octanol–water partition coefficient (Wildman–Crippen LogP) is 4.23. The van der Waals surface area contributed by atoms with Crippen molar-refractivity contribution < 1.29 is 14.5 Å². The van der Waals surface area contributed by atoms with Gasteiger partial charge in [-0.15, -0.1) is 12.4 Å². The number of para-hydroxylation sites is 1. The van der Waals surface area contributed by atoms with Gasteiger partial charge in [0.05, 0.1) is 16.2 Å². The molecule has 182 valence electrons. The van der Waals surface area contributed by atoms with Gasteiger partial charge in [0, 0.05) is 50.4 Å². The summed E-state index contributed by atoms with van der Waals surface area (Å²) < 4.78 is 6.81. The van der Waals surface area contributed by atoms with Crippen LogP contribution in [0, 0.1) is 10.1 Å². The van der Waals surface area contributed by atoms with Gasteiger partial charge in [-0.05, 0) is 31.2 Å². The van der Waals surface area contributed by atoms with E-state index < -0.39 is 10.8 Å². The first-order valence-electron chi connectivity index (χ1n) is 10.7. The number of piperazine rings is 1. The molecule has 2 heterocycles. The molecule has 2 aromatic carbocycles. The quantitative estimate of drug-likeness (QED) is 0.346. The minimum absolute atomic E-state index is 0. The summed E-state index contributed by atoms with van der Waals surface area (Å²) in [5, 5.41) is 15.2. The van der Waals surface area contributed by atoms with Crippen LogP contribution in [0.5, 0.6) is 5.75 Å². The van der Waals surface area contributed by atoms with Crippen LogP contribution in [0.1, 0.15) is 17.3 Å². The number of hydrogen-bond donors (Lipinski definition) is 1. The van der Waals surface area contributed by atoms with Gasteiger partial charge in [-0.1, -0.05) is 29.0 Å². The van der Waals surface area contributed by atoms with Crippen molar-refractivity contribution in [1.29, 1.82) is 0 Å². The highest BCUT2D eigenvalue weighted by Crippen LogP contribution is 2.34. The Morgan fingerprint density at radius 2 is 2.03 bits per heavy atom. The minimum Gasteiger partial charge on any atom is -0.492 e. The predicted molar refractivity (Wildman–Crippen MR) is 137 cm³/mol. The normalized spacial score (nSPS) is 14.0. The van der Waals surface area contributed by atoms with Crippen LogP contribution >= 0.6 is 35.3 Å². The highest BCUT2D eigenvalue weighted by atomic mass is 35.5. The SMILES string of the molecule is CCOc1cccc2sc(N3CCN(CCNC(=O)c4cc(Cl)ccc4[N+](=O)[O-])CC3)nc12.Cl. The van der Waals surface area contributed by atoms with E-state index in [4.69, 9.17) is 21.3 Å². The lowest BCUT2D eigenvalue weighted by molar-refractivity contribution is -0.385. The van der Waals surface area contributed by atoms with E-state index in [9.17, 15) is 14.9 Å². The highest BCUT2D eigenvalue weighted by Gasteiger charge is 2.22.